The molecular formula is C13H14Cl2N2S. The number of aromatic nitrogens is 1. The first kappa shape index (κ1) is 13.8. The van der Waals surface area contributed by atoms with Crippen LogP contribution in [-0.2, 0) is 6.42 Å². The molecular weight excluding hydrogens is 287 g/mol. The standard InChI is InChI=1S/C13H14Cl2N2S/c1-2-17-12(13-10(14)4-6-18-13)7-9-3-5-16-8-11(9)15/h3-6,8,12,17H,2,7H2,1H3. The predicted octanol–water partition coefficient (Wildman–Crippen LogP) is 4.34. The molecule has 1 unspecified atom stereocenters. The van der Waals surface area contributed by atoms with Gasteiger partial charge in [-0.3, -0.25) is 4.98 Å². The molecule has 0 aliphatic rings. The van der Waals surface area contributed by atoms with Crippen LogP contribution in [0.5, 0.6) is 0 Å². The van der Waals surface area contributed by atoms with E-state index in [0.717, 1.165) is 28.4 Å². The Bertz CT molecular complexity index is 513. The van der Waals surface area contributed by atoms with Gasteiger partial charge in [0.15, 0.2) is 0 Å². The average Bonchev–Trinajstić information content (AvgIpc) is 2.78. The summed E-state index contributed by atoms with van der Waals surface area (Å²) in [6.45, 7) is 2.98. The van der Waals surface area contributed by atoms with Crippen LogP contribution in [0.25, 0.3) is 0 Å². The average molecular weight is 301 g/mol. The van der Waals surface area contributed by atoms with E-state index in [1.807, 2.05) is 17.5 Å². The van der Waals surface area contributed by atoms with Gasteiger partial charge in [-0.15, -0.1) is 11.3 Å². The van der Waals surface area contributed by atoms with Crippen molar-refractivity contribution >= 4 is 34.5 Å². The first-order valence-electron chi connectivity index (χ1n) is 5.77. The quantitative estimate of drug-likeness (QED) is 0.888. The zero-order valence-electron chi connectivity index (χ0n) is 9.99. The largest absolute Gasteiger partial charge is 0.309 e. The summed E-state index contributed by atoms with van der Waals surface area (Å²) in [6, 6.07) is 4.08. The van der Waals surface area contributed by atoms with Crippen LogP contribution in [0.3, 0.4) is 0 Å². The number of hydrogen-bond donors (Lipinski definition) is 1. The Morgan fingerprint density at radius 3 is 2.78 bits per heavy atom. The summed E-state index contributed by atoms with van der Waals surface area (Å²) >= 11 is 14.0. The minimum Gasteiger partial charge on any atom is -0.309 e. The zero-order chi connectivity index (χ0) is 13.0. The molecule has 18 heavy (non-hydrogen) atoms. The van der Waals surface area contributed by atoms with Crippen molar-refractivity contribution in [3.05, 3.63) is 50.4 Å². The number of nitrogens with one attached hydrogen (secondary N) is 1. The third-order valence-corrected chi connectivity index (χ3v) is 4.50. The highest BCUT2D eigenvalue weighted by Crippen LogP contribution is 2.31. The van der Waals surface area contributed by atoms with Crippen LogP contribution in [0.4, 0.5) is 0 Å². The summed E-state index contributed by atoms with van der Waals surface area (Å²) in [5, 5.41) is 6.98. The van der Waals surface area contributed by atoms with E-state index in [4.69, 9.17) is 23.2 Å². The fourth-order valence-corrected chi connectivity index (χ4v) is 3.31. The maximum Gasteiger partial charge on any atom is 0.0622 e. The van der Waals surface area contributed by atoms with E-state index >= 15 is 0 Å². The van der Waals surface area contributed by atoms with Crippen molar-refractivity contribution in [2.24, 2.45) is 0 Å². The molecule has 0 spiro atoms. The molecule has 0 aliphatic heterocycles. The maximum absolute atomic E-state index is 6.20. The molecule has 2 aromatic heterocycles. The monoisotopic (exact) mass is 300 g/mol. The van der Waals surface area contributed by atoms with Crippen LogP contribution in [0.1, 0.15) is 23.4 Å². The van der Waals surface area contributed by atoms with E-state index in [1.54, 1.807) is 23.7 Å². The molecule has 0 bridgehead atoms. The second-order valence-corrected chi connectivity index (χ2v) is 5.68. The summed E-state index contributed by atoms with van der Waals surface area (Å²) in [5.41, 5.74) is 1.09. The molecule has 0 saturated carbocycles. The Balaban J connectivity index is 2.22. The van der Waals surface area contributed by atoms with Gasteiger partial charge >= 0.3 is 0 Å². The van der Waals surface area contributed by atoms with Gasteiger partial charge in [0.25, 0.3) is 0 Å². The van der Waals surface area contributed by atoms with Gasteiger partial charge in [-0.05, 0) is 36.0 Å². The van der Waals surface area contributed by atoms with Gasteiger partial charge in [0.2, 0.25) is 0 Å². The number of nitrogens with zero attached hydrogens (tertiary/aromatic N) is 1. The second-order valence-electron chi connectivity index (χ2n) is 3.91. The summed E-state index contributed by atoms with van der Waals surface area (Å²) < 4.78 is 0. The number of thiophene rings is 1. The SMILES string of the molecule is CCNC(Cc1ccncc1Cl)c1sccc1Cl. The van der Waals surface area contributed by atoms with Crippen molar-refractivity contribution in [3.63, 3.8) is 0 Å². The highest BCUT2D eigenvalue weighted by atomic mass is 35.5. The van der Waals surface area contributed by atoms with E-state index < -0.39 is 0 Å². The van der Waals surface area contributed by atoms with Gasteiger partial charge in [-0.2, -0.15) is 0 Å². The highest BCUT2D eigenvalue weighted by molar-refractivity contribution is 7.10. The second kappa shape index (κ2) is 6.53. The third kappa shape index (κ3) is 3.23. The number of halogens is 2. The molecule has 5 heteroatoms. The molecule has 2 aromatic rings. The van der Waals surface area contributed by atoms with Gasteiger partial charge in [0.1, 0.15) is 0 Å². The molecule has 0 radical (unpaired) electrons. The molecule has 2 heterocycles. The fraction of sp³-hybridized carbons (Fsp3) is 0.308. The smallest absolute Gasteiger partial charge is 0.0622 e. The highest BCUT2D eigenvalue weighted by Gasteiger charge is 2.17. The van der Waals surface area contributed by atoms with E-state index in [1.165, 1.54) is 0 Å². The lowest BCUT2D eigenvalue weighted by molar-refractivity contribution is 0.558. The third-order valence-electron chi connectivity index (χ3n) is 2.69. The maximum atomic E-state index is 6.20. The number of likely N-dealkylation sites (N-methyl/N-ethyl adjacent to an activating group) is 1. The van der Waals surface area contributed by atoms with Gasteiger partial charge in [-0.1, -0.05) is 30.1 Å². The van der Waals surface area contributed by atoms with Crippen LogP contribution in [-0.4, -0.2) is 11.5 Å². The Labute approximate surface area is 121 Å². The van der Waals surface area contributed by atoms with Gasteiger partial charge < -0.3 is 5.32 Å². The Morgan fingerprint density at radius 1 is 1.33 bits per heavy atom. The molecule has 2 nitrogen and oxygen atoms in total. The Kier molecular flexibility index (Phi) is 5.01. The van der Waals surface area contributed by atoms with Crippen molar-refractivity contribution < 1.29 is 0 Å². The van der Waals surface area contributed by atoms with Crippen molar-refractivity contribution in [1.29, 1.82) is 0 Å². The summed E-state index contributed by atoms with van der Waals surface area (Å²) in [6.07, 6.45) is 4.26. The molecule has 1 N–H and O–H groups in total. The molecule has 1 atom stereocenters. The van der Waals surface area contributed by atoms with Crippen LogP contribution in [0.2, 0.25) is 10.0 Å². The van der Waals surface area contributed by atoms with Crippen molar-refractivity contribution in [2.75, 3.05) is 6.54 Å². The van der Waals surface area contributed by atoms with E-state index in [9.17, 15) is 0 Å². The van der Waals surface area contributed by atoms with Crippen molar-refractivity contribution in [2.45, 2.75) is 19.4 Å². The number of rotatable bonds is 5. The first-order chi connectivity index (χ1) is 8.72. The zero-order valence-corrected chi connectivity index (χ0v) is 12.3. The van der Waals surface area contributed by atoms with Gasteiger partial charge in [0, 0.05) is 23.3 Å². The molecule has 0 amide bonds. The van der Waals surface area contributed by atoms with Crippen LogP contribution < -0.4 is 5.32 Å². The van der Waals surface area contributed by atoms with E-state index in [0.29, 0.717) is 5.02 Å². The molecule has 0 fully saturated rings. The molecule has 0 saturated heterocycles. The molecule has 2 rings (SSSR count). The van der Waals surface area contributed by atoms with Gasteiger partial charge in [0.05, 0.1) is 10.0 Å². The lowest BCUT2D eigenvalue weighted by Gasteiger charge is -2.17. The normalized spacial score (nSPS) is 12.6. The Hall–Kier alpha value is -0.610. The number of hydrogen-bond acceptors (Lipinski definition) is 3. The predicted molar refractivity (Wildman–Crippen MR) is 78.7 cm³/mol. The number of pyridine rings is 1. The fourth-order valence-electron chi connectivity index (χ4n) is 1.85. The summed E-state index contributed by atoms with van der Waals surface area (Å²) in [5.74, 6) is 0. The van der Waals surface area contributed by atoms with Crippen LogP contribution >= 0.6 is 34.5 Å². The Morgan fingerprint density at radius 2 is 2.17 bits per heavy atom. The summed E-state index contributed by atoms with van der Waals surface area (Å²) in [4.78, 5) is 5.16. The van der Waals surface area contributed by atoms with Crippen molar-refractivity contribution in [1.82, 2.24) is 10.3 Å². The van der Waals surface area contributed by atoms with Crippen LogP contribution in [0.15, 0.2) is 29.9 Å². The van der Waals surface area contributed by atoms with Crippen molar-refractivity contribution in [3.8, 4) is 0 Å². The first-order valence-corrected chi connectivity index (χ1v) is 7.40. The summed E-state index contributed by atoms with van der Waals surface area (Å²) in [7, 11) is 0. The topological polar surface area (TPSA) is 24.9 Å². The molecule has 0 aromatic carbocycles. The molecule has 96 valence electrons. The minimum absolute atomic E-state index is 0.197. The van der Waals surface area contributed by atoms with E-state index in [2.05, 4.69) is 17.2 Å². The minimum atomic E-state index is 0.197. The van der Waals surface area contributed by atoms with E-state index in [-0.39, 0.29) is 6.04 Å². The van der Waals surface area contributed by atoms with Crippen LogP contribution in [0, 0.1) is 0 Å². The van der Waals surface area contributed by atoms with Gasteiger partial charge in [-0.25, -0.2) is 0 Å². The molecule has 0 aliphatic carbocycles. The lowest BCUT2D eigenvalue weighted by Crippen LogP contribution is -2.22. The lowest BCUT2D eigenvalue weighted by atomic mass is 10.1.